The van der Waals surface area contributed by atoms with Gasteiger partial charge < -0.3 is 0 Å². The van der Waals surface area contributed by atoms with Crippen molar-refractivity contribution in [2.75, 3.05) is 9.38 Å². The number of alkyl halides is 1. The van der Waals surface area contributed by atoms with Gasteiger partial charge in [0.05, 0.1) is 0 Å². The minimum absolute atomic E-state index is 0.129. The maximum absolute atomic E-state index is 11.1. The van der Waals surface area contributed by atoms with Crippen LogP contribution in [0.4, 0.5) is 5.82 Å². The summed E-state index contributed by atoms with van der Waals surface area (Å²) in [7, 11) is -3.29. The largest absolute Gasteiger partial charge is 0.267 e. The van der Waals surface area contributed by atoms with Crippen LogP contribution >= 0.6 is 15.9 Å². The molecule has 0 amide bonds. The van der Waals surface area contributed by atoms with Crippen LogP contribution in [-0.2, 0) is 10.0 Å². The highest BCUT2D eigenvalue weighted by molar-refractivity contribution is 9.10. The molecule has 4 nitrogen and oxygen atoms in total. The zero-order valence-corrected chi connectivity index (χ0v) is 9.39. The van der Waals surface area contributed by atoms with Gasteiger partial charge in [0.1, 0.15) is 10.5 Å². The summed E-state index contributed by atoms with van der Waals surface area (Å²) in [6.07, 6.45) is 0. The predicted octanol–water partition coefficient (Wildman–Crippen LogP) is 1.48. The molecule has 0 atom stereocenters. The summed E-state index contributed by atoms with van der Waals surface area (Å²) in [6.45, 7) is 1.80. The molecule has 1 rings (SSSR count). The Hall–Kier alpha value is -0.620. The summed E-state index contributed by atoms with van der Waals surface area (Å²) in [4.78, 5) is 4.00. The first-order valence-electron chi connectivity index (χ1n) is 3.53. The molecule has 1 aromatic heterocycles. The molecule has 0 aromatic carbocycles. The first kappa shape index (κ1) is 10.5. The van der Waals surface area contributed by atoms with E-state index in [1.54, 1.807) is 25.1 Å². The van der Waals surface area contributed by atoms with Crippen molar-refractivity contribution in [3.63, 3.8) is 0 Å². The number of halogens is 1. The third kappa shape index (κ3) is 3.31. The van der Waals surface area contributed by atoms with Gasteiger partial charge in [-0.2, -0.15) is 0 Å². The highest BCUT2D eigenvalue weighted by Gasteiger charge is 2.07. The van der Waals surface area contributed by atoms with Gasteiger partial charge in [0.25, 0.3) is 0 Å². The smallest absolute Gasteiger partial charge is 0.243 e. The zero-order valence-electron chi connectivity index (χ0n) is 6.99. The Morgan fingerprint density at radius 3 is 2.77 bits per heavy atom. The maximum Gasteiger partial charge on any atom is 0.243 e. The van der Waals surface area contributed by atoms with Crippen molar-refractivity contribution in [1.82, 2.24) is 4.98 Å². The highest BCUT2D eigenvalue weighted by atomic mass is 79.9. The number of anilines is 1. The van der Waals surface area contributed by atoms with E-state index in [1.165, 1.54) is 0 Å². The molecule has 1 aromatic rings. The number of sulfonamides is 1. The van der Waals surface area contributed by atoms with Gasteiger partial charge in [-0.1, -0.05) is 22.0 Å². The van der Waals surface area contributed by atoms with E-state index in [4.69, 9.17) is 0 Å². The molecule has 0 radical (unpaired) electrons. The highest BCUT2D eigenvalue weighted by Crippen LogP contribution is 2.07. The Balaban J connectivity index is 2.87. The Kier molecular flexibility index (Phi) is 3.27. The molecule has 6 heteroatoms. The molecular formula is C7H9BrN2O2S. The Morgan fingerprint density at radius 2 is 2.23 bits per heavy atom. The first-order valence-corrected chi connectivity index (χ1v) is 6.31. The second kappa shape index (κ2) is 4.06. The van der Waals surface area contributed by atoms with Crippen molar-refractivity contribution in [2.24, 2.45) is 0 Å². The summed E-state index contributed by atoms with van der Waals surface area (Å²) in [5.41, 5.74) is 0.773. The normalized spacial score (nSPS) is 11.2. The third-order valence-electron chi connectivity index (χ3n) is 1.29. The van der Waals surface area contributed by atoms with Gasteiger partial charge >= 0.3 is 0 Å². The monoisotopic (exact) mass is 264 g/mol. The zero-order chi connectivity index (χ0) is 9.90. The van der Waals surface area contributed by atoms with Crippen molar-refractivity contribution >= 4 is 31.8 Å². The number of aryl methyl sites for hydroxylation is 1. The van der Waals surface area contributed by atoms with E-state index in [2.05, 4.69) is 25.6 Å². The third-order valence-corrected chi connectivity index (χ3v) is 3.91. The molecule has 0 saturated carbocycles. The van der Waals surface area contributed by atoms with Gasteiger partial charge in [-0.25, -0.2) is 13.4 Å². The van der Waals surface area contributed by atoms with Crippen LogP contribution in [0.1, 0.15) is 5.69 Å². The maximum atomic E-state index is 11.1. The first-order chi connectivity index (χ1) is 6.03. The number of hydrogen-bond donors (Lipinski definition) is 1. The van der Waals surface area contributed by atoms with Crippen LogP contribution in [0, 0.1) is 6.92 Å². The van der Waals surface area contributed by atoms with E-state index in [0.717, 1.165) is 5.69 Å². The van der Waals surface area contributed by atoms with Gasteiger partial charge in [-0.3, -0.25) is 4.72 Å². The fourth-order valence-corrected chi connectivity index (χ4v) is 1.62. The Morgan fingerprint density at radius 1 is 1.54 bits per heavy atom. The molecule has 0 aliphatic rings. The SMILES string of the molecule is Cc1cccc(NS(=O)(=O)CBr)n1. The summed E-state index contributed by atoms with van der Waals surface area (Å²) in [5, 5.41) is 0. The molecule has 0 spiro atoms. The lowest BCUT2D eigenvalue weighted by Crippen LogP contribution is -2.14. The summed E-state index contributed by atoms with van der Waals surface area (Å²) in [6, 6.07) is 5.15. The van der Waals surface area contributed by atoms with Crippen LogP contribution in [0.5, 0.6) is 0 Å². The minimum Gasteiger partial charge on any atom is -0.267 e. The second-order valence-electron chi connectivity index (χ2n) is 2.49. The number of nitrogens with one attached hydrogen (secondary N) is 1. The van der Waals surface area contributed by atoms with Crippen molar-refractivity contribution in [3.8, 4) is 0 Å². The van der Waals surface area contributed by atoms with Gasteiger partial charge in [-0.05, 0) is 19.1 Å². The topological polar surface area (TPSA) is 59.1 Å². The quantitative estimate of drug-likeness (QED) is 0.842. The van der Waals surface area contributed by atoms with Crippen LogP contribution in [0.25, 0.3) is 0 Å². The van der Waals surface area contributed by atoms with E-state index in [9.17, 15) is 8.42 Å². The molecule has 1 N–H and O–H groups in total. The van der Waals surface area contributed by atoms with Crippen LogP contribution in [0.15, 0.2) is 18.2 Å². The number of aromatic nitrogens is 1. The van der Waals surface area contributed by atoms with Gasteiger partial charge in [-0.15, -0.1) is 0 Å². The summed E-state index contributed by atoms with van der Waals surface area (Å²) in [5.74, 6) is 0.347. The van der Waals surface area contributed by atoms with Gasteiger partial charge in [0.2, 0.25) is 10.0 Å². The van der Waals surface area contributed by atoms with Crippen LogP contribution in [-0.4, -0.2) is 18.1 Å². The average molecular weight is 265 g/mol. The van der Waals surface area contributed by atoms with E-state index in [0.29, 0.717) is 5.82 Å². The lowest BCUT2D eigenvalue weighted by Gasteiger charge is -2.04. The summed E-state index contributed by atoms with van der Waals surface area (Å²) >= 11 is 2.87. The predicted molar refractivity (Wildman–Crippen MR) is 55.3 cm³/mol. The van der Waals surface area contributed by atoms with Crippen LogP contribution in [0.2, 0.25) is 0 Å². The van der Waals surface area contributed by atoms with Gasteiger partial charge in [0.15, 0.2) is 0 Å². The lowest BCUT2D eigenvalue weighted by atomic mass is 10.4. The fourth-order valence-electron chi connectivity index (χ4n) is 0.786. The summed E-state index contributed by atoms with van der Waals surface area (Å²) < 4.78 is 24.4. The number of nitrogens with zero attached hydrogens (tertiary/aromatic N) is 1. The molecule has 0 bridgehead atoms. The molecule has 0 aliphatic heterocycles. The minimum atomic E-state index is -3.29. The molecule has 72 valence electrons. The number of hydrogen-bond acceptors (Lipinski definition) is 3. The molecule has 0 fully saturated rings. The van der Waals surface area contributed by atoms with Crippen LogP contribution in [0.3, 0.4) is 0 Å². The Labute approximate surface area is 85.6 Å². The molecule has 1 heterocycles. The van der Waals surface area contributed by atoms with Gasteiger partial charge in [0, 0.05) is 5.69 Å². The van der Waals surface area contributed by atoms with Crippen LogP contribution < -0.4 is 4.72 Å². The number of rotatable bonds is 3. The van der Waals surface area contributed by atoms with Crippen molar-refractivity contribution in [2.45, 2.75) is 6.92 Å². The molecular weight excluding hydrogens is 256 g/mol. The van der Waals surface area contributed by atoms with E-state index < -0.39 is 10.0 Å². The fraction of sp³-hybridized carbons (Fsp3) is 0.286. The average Bonchev–Trinajstić information content (AvgIpc) is 2.03. The molecule has 0 unspecified atom stereocenters. The standard InChI is InChI=1S/C7H9BrN2O2S/c1-6-3-2-4-7(9-6)10-13(11,12)5-8/h2-4H,5H2,1H3,(H,9,10). The Bertz CT molecular complexity index is 391. The van der Waals surface area contributed by atoms with Crippen molar-refractivity contribution in [1.29, 1.82) is 0 Å². The van der Waals surface area contributed by atoms with E-state index in [1.807, 2.05) is 0 Å². The number of pyridine rings is 1. The molecule has 0 aliphatic carbocycles. The van der Waals surface area contributed by atoms with E-state index >= 15 is 0 Å². The van der Waals surface area contributed by atoms with Crippen molar-refractivity contribution in [3.05, 3.63) is 23.9 Å². The second-order valence-corrected chi connectivity index (χ2v) is 5.52. The molecule has 13 heavy (non-hydrogen) atoms. The lowest BCUT2D eigenvalue weighted by molar-refractivity contribution is 0.606. The van der Waals surface area contributed by atoms with E-state index in [-0.39, 0.29) is 4.66 Å². The molecule has 0 saturated heterocycles. The van der Waals surface area contributed by atoms with Crippen molar-refractivity contribution < 1.29 is 8.42 Å².